The van der Waals surface area contributed by atoms with Crippen LogP contribution in [0, 0.1) is 5.41 Å². The number of aliphatic hydroxyl groups excluding tert-OH is 1. The molecular formula is C11H24O. The molecule has 12 heavy (non-hydrogen) atoms. The molecule has 1 atom stereocenters. The Labute approximate surface area is 77.2 Å². The molecule has 0 aliphatic carbocycles. The maximum absolute atomic E-state index is 9.14. The van der Waals surface area contributed by atoms with Crippen LogP contribution in [0.5, 0.6) is 0 Å². The van der Waals surface area contributed by atoms with Crippen LogP contribution in [0.3, 0.4) is 0 Å². The molecule has 0 saturated heterocycles. The number of hydrogen-bond donors (Lipinski definition) is 1. The van der Waals surface area contributed by atoms with Gasteiger partial charge in [-0.05, 0) is 18.3 Å². The van der Waals surface area contributed by atoms with Gasteiger partial charge in [-0.3, -0.25) is 0 Å². The Kier molecular flexibility index (Phi) is 6.45. The highest BCUT2D eigenvalue weighted by Gasteiger charge is 2.19. The molecule has 0 amide bonds. The second-order valence-corrected chi connectivity index (χ2v) is 4.13. The number of unbranched alkanes of at least 4 members (excludes halogenated alkanes) is 3. The molecule has 0 aliphatic heterocycles. The lowest BCUT2D eigenvalue weighted by Gasteiger charge is -2.25. The van der Waals surface area contributed by atoms with Crippen LogP contribution in [-0.4, -0.2) is 11.7 Å². The van der Waals surface area contributed by atoms with Gasteiger partial charge in [0.25, 0.3) is 0 Å². The van der Waals surface area contributed by atoms with E-state index in [1.807, 2.05) is 0 Å². The highest BCUT2D eigenvalue weighted by atomic mass is 16.3. The van der Waals surface area contributed by atoms with Gasteiger partial charge in [-0.1, -0.05) is 46.5 Å². The molecule has 0 rings (SSSR count). The van der Waals surface area contributed by atoms with Crippen molar-refractivity contribution in [1.29, 1.82) is 0 Å². The van der Waals surface area contributed by atoms with Gasteiger partial charge in [0.05, 0.1) is 0 Å². The lowest BCUT2D eigenvalue weighted by molar-refractivity contribution is 0.125. The predicted octanol–water partition coefficient (Wildman–Crippen LogP) is 3.37. The molecule has 0 saturated carbocycles. The quantitative estimate of drug-likeness (QED) is 0.584. The third-order valence-corrected chi connectivity index (χ3v) is 2.87. The van der Waals surface area contributed by atoms with Gasteiger partial charge in [0.15, 0.2) is 0 Å². The fourth-order valence-electron chi connectivity index (χ4n) is 1.35. The van der Waals surface area contributed by atoms with Crippen molar-refractivity contribution in [2.45, 2.75) is 59.3 Å². The monoisotopic (exact) mass is 172 g/mol. The summed E-state index contributed by atoms with van der Waals surface area (Å²) in [6, 6.07) is 0. The lowest BCUT2D eigenvalue weighted by atomic mass is 9.83. The van der Waals surface area contributed by atoms with Crippen molar-refractivity contribution in [2.75, 3.05) is 6.61 Å². The molecule has 0 spiro atoms. The van der Waals surface area contributed by atoms with Crippen LogP contribution < -0.4 is 0 Å². The van der Waals surface area contributed by atoms with E-state index < -0.39 is 0 Å². The summed E-state index contributed by atoms with van der Waals surface area (Å²) < 4.78 is 0. The van der Waals surface area contributed by atoms with Crippen LogP contribution in [0.4, 0.5) is 0 Å². The van der Waals surface area contributed by atoms with Gasteiger partial charge in [0.2, 0.25) is 0 Å². The minimum Gasteiger partial charge on any atom is -0.396 e. The first-order valence-electron chi connectivity index (χ1n) is 5.29. The van der Waals surface area contributed by atoms with E-state index in [-0.39, 0.29) is 5.41 Å². The molecule has 1 unspecified atom stereocenters. The maximum atomic E-state index is 9.14. The zero-order chi connectivity index (χ0) is 9.45. The molecule has 74 valence electrons. The summed E-state index contributed by atoms with van der Waals surface area (Å²) in [4.78, 5) is 0. The van der Waals surface area contributed by atoms with Gasteiger partial charge >= 0.3 is 0 Å². The summed E-state index contributed by atoms with van der Waals surface area (Å²) in [5.74, 6) is 0. The molecule has 0 aliphatic rings. The zero-order valence-corrected chi connectivity index (χ0v) is 8.90. The van der Waals surface area contributed by atoms with E-state index in [2.05, 4.69) is 20.8 Å². The Hall–Kier alpha value is -0.0400. The van der Waals surface area contributed by atoms with Gasteiger partial charge in [0.1, 0.15) is 0 Å². The van der Waals surface area contributed by atoms with Crippen molar-refractivity contribution in [1.82, 2.24) is 0 Å². The first-order valence-corrected chi connectivity index (χ1v) is 5.29. The third-order valence-electron chi connectivity index (χ3n) is 2.87. The Balaban J connectivity index is 3.45. The first-order chi connectivity index (χ1) is 5.68. The molecule has 1 heteroatoms. The van der Waals surface area contributed by atoms with Crippen molar-refractivity contribution >= 4 is 0 Å². The highest BCUT2D eigenvalue weighted by molar-refractivity contribution is 4.70. The highest BCUT2D eigenvalue weighted by Crippen LogP contribution is 2.27. The fourth-order valence-corrected chi connectivity index (χ4v) is 1.35. The summed E-state index contributed by atoms with van der Waals surface area (Å²) in [7, 11) is 0. The molecule has 0 heterocycles. The fraction of sp³-hybridized carbons (Fsp3) is 1.00. The third kappa shape index (κ3) is 4.76. The van der Waals surface area contributed by atoms with E-state index in [0.717, 1.165) is 6.42 Å². The number of rotatable bonds is 7. The average molecular weight is 172 g/mol. The van der Waals surface area contributed by atoms with E-state index in [1.165, 1.54) is 32.1 Å². The van der Waals surface area contributed by atoms with Crippen LogP contribution in [0.15, 0.2) is 0 Å². The number of aliphatic hydroxyl groups is 1. The van der Waals surface area contributed by atoms with Crippen molar-refractivity contribution in [3.8, 4) is 0 Å². The van der Waals surface area contributed by atoms with Crippen molar-refractivity contribution < 1.29 is 5.11 Å². The van der Waals surface area contributed by atoms with E-state index in [9.17, 15) is 0 Å². The Morgan fingerprint density at radius 2 is 1.75 bits per heavy atom. The van der Waals surface area contributed by atoms with Gasteiger partial charge in [-0.15, -0.1) is 0 Å². The molecular weight excluding hydrogens is 148 g/mol. The maximum Gasteiger partial charge on any atom is 0.0484 e. The zero-order valence-electron chi connectivity index (χ0n) is 8.90. The Morgan fingerprint density at radius 1 is 1.08 bits per heavy atom. The Bertz CT molecular complexity index is 95.2. The van der Waals surface area contributed by atoms with E-state index in [0.29, 0.717) is 6.61 Å². The van der Waals surface area contributed by atoms with Crippen molar-refractivity contribution in [3.05, 3.63) is 0 Å². The second kappa shape index (κ2) is 6.47. The van der Waals surface area contributed by atoms with Gasteiger partial charge in [0, 0.05) is 6.61 Å². The molecule has 0 fully saturated rings. The topological polar surface area (TPSA) is 20.2 Å². The van der Waals surface area contributed by atoms with Gasteiger partial charge < -0.3 is 5.11 Å². The summed E-state index contributed by atoms with van der Waals surface area (Å²) in [5.41, 5.74) is 0.188. The summed E-state index contributed by atoms with van der Waals surface area (Å²) in [5, 5.41) is 9.14. The second-order valence-electron chi connectivity index (χ2n) is 4.13. The lowest BCUT2D eigenvalue weighted by Crippen LogP contribution is -2.19. The summed E-state index contributed by atoms with van der Waals surface area (Å²) in [6.07, 6.45) is 7.51. The van der Waals surface area contributed by atoms with Gasteiger partial charge in [-0.25, -0.2) is 0 Å². The van der Waals surface area contributed by atoms with Crippen LogP contribution in [0.25, 0.3) is 0 Å². The summed E-state index contributed by atoms with van der Waals surface area (Å²) in [6.45, 7) is 6.91. The smallest absolute Gasteiger partial charge is 0.0484 e. The molecule has 0 aromatic rings. The molecule has 0 aromatic carbocycles. The minimum atomic E-state index is 0.188. The normalized spacial score (nSPS) is 16.0. The average Bonchev–Trinajstić information content (AvgIpc) is 2.12. The molecule has 1 N–H and O–H groups in total. The Morgan fingerprint density at radius 3 is 2.17 bits per heavy atom. The first kappa shape index (κ1) is 12.0. The van der Waals surface area contributed by atoms with Crippen LogP contribution in [0.1, 0.15) is 59.3 Å². The standard InChI is InChI=1S/C11H24O/c1-4-6-7-8-9-11(3,5-2)10-12/h12H,4-10H2,1-3H3. The summed E-state index contributed by atoms with van der Waals surface area (Å²) >= 11 is 0. The van der Waals surface area contributed by atoms with E-state index >= 15 is 0 Å². The van der Waals surface area contributed by atoms with Crippen molar-refractivity contribution in [2.24, 2.45) is 5.41 Å². The van der Waals surface area contributed by atoms with Crippen LogP contribution in [0.2, 0.25) is 0 Å². The molecule has 0 bridgehead atoms. The SMILES string of the molecule is CCCCCCC(C)(CC)CO. The van der Waals surface area contributed by atoms with E-state index in [1.54, 1.807) is 0 Å². The van der Waals surface area contributed by atoms with Crippen LogP contribution in [-0.2, 0) is 0 Å². The molecule has 0 radical (unpaired) electrons. The van der Waals surface area contributed by atoms with Gasteiger partial charge in [-0.2, -0.15) is 0 Å². The molecule has 0 aromatic heterocycles. The van der Waals surface area contributed by atoms with E-state index in [4.69, 9.17) is 5.11 Å². The molecule has 1 nitrogen and oxygen atoms in total. The van der Waals surface area contributed by atoms with Crippen molar-refractivity contribution in [3.63, 3.8) is 0 Å². The van der Waals surface area contributed by atoms with Crippen LogP contribution >= 0.6 is 0 Å². The number of hydrogen-bond acceptors (Lipinski definition) is 1. The largest absolute Gasteiger partial charge is 0.396 e. The predicted molar refractivity (Wildman–Crippen MR) is 54.2 cm³/mol. The minimum absolute atomic E-state index is 0.188.